The van der Waals surface area contributed by atoms with E-state index in [-0.39, 0.29) is 18.4 Å². The lowest BCUT2D eigenvalue weighted by molar-refractivity contribution is -0.135. The Morgan fingerprint density at radius 1 is 1.27 bits per heavy atom. The Balaban J connectivity index is 1.93. The molecule has 0 aliphatic carbocycles. The Morgan fingerprint density at radius 3 is 2.36 bits per heavy atom. The van der Waals surface area contributed by atoms with Crippen molar-refractivity contribution in [2.45, 2.75) is 19.9 Å². The fourth-order valence-corrected chi connectivity index (χ4v) is 2.63. The van der Waals surface area contributed by atoms with Gasteiger partial charge < -0.3 is 24.7 Å². The lowest BCUT2D eigenvalue weighted by Crippen LogP contribution is -2.55. The number of rotatable bonds is 4. The average molecular weight is 309 g/mol. The Bertz CT molecular complexity index is 547. The predicted molar refractivity (Wildman–Crippen MR) is 80.5 cm³/mol. The number of hydrogen-bond donors (Lipinski definition) is 1. The predicted octanol–water partition coefficient (Wildman–Crippen LogP) is 0.155. The van der Waals surface area contributed by atoms with Crippen LogP contribution in [0.2, 0.25) is 0 Å². The number of furan rings is 1. The van der Waals surface area contributed by atoms with Crippen LogP contribution in [0.3, 0.4) is 0 Å². The summed E-state index contributed by atoms with van der Waals surface area (Å²) in [5, 5.41) is 0. The molecule has 1 aliphatic rings. The van der Waals surface area contributed by atoms with Crippen LogP contribution in [0.1, 0.15) is 21.9 Å². The van der Waals surface area contributed by atoms with E-state index in [1.807, 2.05) is 6.92 Å². The molecule has 2 N–H and O–H groups in total. The molecular weight excluding hydrogens is 286 g/mol. The molecule has 122 valence electrons. The highest BCUT2D eigenvalue weighted by molar-refractivity contribution is 5.95. The second-order valence-electron chi connectivity index (χ2n) is 5.51. The van der Waals surface area contributed by atoms with Crippen LogP contribution < -0.4 is 5.73 Å². The average Bonchev–Trinajstić information content (AvgIpc) is 2.85. The summed E-state index contributed by atoms with van der Waals surface area (Å²) >= 11 is 0. The van der Waals surface area contributed by atoms with Gasteiger partial charge >= 0.3 is 0 Å². The summed E-state index contributed by atoms with van der Waals surface area (Å²) < 4.78 is 10.3. The number of hydrogen-bond acceptors (Lipinski definition) is 5. The number of nitrogens with zero attached hydrogens (tertiary/aromatic N) is 2. The van der Waals surface area contributed by atoms with Gasteiger partial charge in [0.2, 0.25) is 5.91 Å². The van der Waals surface area contributed by atoms with Crippen molar-refractivity contribution < 1.29 is 18.7 Å². The van der Waals surface area contributed by atoms with Gasteiger partial charge in [-0.25, -0.2) is 0 Å². The van der Waals surface area contributed by atoms with Crippen molar-refractivity contribution >= 4 is 11.8 Å². The van der Waals surface area contributed by atoms with Gasteiger partial charge in [-0.3, -0.25) is 9.59 Å². The lowest BCUT2D eigenvalue weighted by Gasteiger charge is -2.35. The summed E-state index contributed by atoms with van der Waals surface area (Å²) in [6.07, 6.45) is 0. The van der Waals surface area contributed by atoms with Crippen LogP contribution in [-0.4, -0.2) is 67.6 Å². The molecule has 2 amide bonds. The molecule has 1 aromatic heterocycles. The SMILES string of the molecule is COCC(N)C(=O)N1CCN(C(=O)c2cc(C)oc2C)CC1. The Kier molecular flexibility index (Phi) is 5.20. The van der Waals surface area contributed by atoms with E-state index in [0.717, 1.165) is 5.76 Å². The van der Waals surface area contributed by atoms with E-state index in [1.165, 1.54) is 7.11 Å². The van der Waals surface area contributed by atoms with E-state index in [9.17, 15) is 9.59 Å². The highest BCUT2D eigenvalue weighted by Crippen LogP contribution is 2.17. The lowest BCUT2D eigenvalue weighted by atomic mass is 10.2. The molecule has 1 saturated heterocycles. The number of piperazine rings is 1. The number of carbonyl (C=O) groups excluding carboxylic acids is 2. The summed E-state index contributed by atoms with van der Waals surface area (Å²) in [5.41, 5.74) is 6.35. The van der Waals surface area contributed by atoms with Crippen LogP contribution in [0.15, 0.2) is 10.5 Å². The summed E-state index contributed by atoms with van der Waals surface area (Å²) in [5.74, 6) is 1.16. The molecule has 2 rings (SSSR count). The summed E-state index contributed by atoms with van der Waals surface area (Å²) in [7, 11) is 1.51. The van der Waals surface area contributed by atoms with Crippen molar-refractivity contribution in [1.29, 1.82) is 0 Å². The third kappa shape index (κ3) is 3.48. The van der Waals surface area contributed by atoms with Crippen molar-refractivity contribution in [3.8, 4) is 0 Å². The Labute approximate surface area is 130 Å². The maximum atomic E-state index is 12.5. The van der Waals surface area contributed by atoms with Gasteiger partial charge in [-0.1, -0.05) is 0 Å². The highest BCUT2D eigenvalue weighted by Gasteiger charge is 2.28. The van der Waals surface area contributed by atoms with E-state index in [1.54, 1.807) is 22.8 Å². The molecule has 7 heteroatoms. The molecule has 0 aromatic carbocycles. The minimum absolute atomic E-state index is 0.0531. The maximum absolute atomic E-state index is 12.5. The number of methoxy groups -OCH3 is 1. The van der Waals surface area contributed by atoms with Gasteiger partial charge in [-0.15, -0.1) is 0 Å². The largest absolute Gasteiger partial charge is 0.466 e. The molecule has 0 saturated carbocycles. The highest BCUT2D eigenvalue weighted by atomic mass is 16.5. The van der Waals surface area contributed by atoms with Gasteiger partial charge in [0.05, 0.1) is 12.2 Å². The van der Waals surface area contributed by atoms with Gasteiger partial charge in [0.25, 0.3) is 5.91 Å². The zero-order valence-electron chi connectivity index (χ0n) is 13.3. The fraction of sp³-hybridized carbons (Fsp3) is 0.600. The summed E-state index contributed by atoms with van der Waals surface area (Å²) in [6, 6.07) is 1.11. The second-order valence-corrected chi connectivity index (χ2v) is 5.51. The third-order valence-electron chi connectivity index (χ3n) is 3.81. The van der Waals surface area contributed by atoms with E-state index in [2.05, 4.69) is 0 Å². The zero-order chi connectivity index (χ0) is 16.3. The van der Waals surface area contributed by atoms with Crippen molar-refractivity contribution in [3.05, 3.63) is 23.2 Å². The number of amides is 2. The monoisotopic (exact) mass is 309 g/mol. The smallest absolute Gasteiger partial charge is 0.257 e. The number of nitrogens with two attached hydrogens (primary N) is 1. The molecule has 2 heterocycles. The van der Waals surface area contributed by atoms with Crippen LogP contribution in [0.25, 0.3) is 0 Å². The molecule has 0 radical (unpaired) electrons. The van der Waals surface area contributed by atoms with Crippen molar-refractivity contribution in [2.24, 2.45) is 5.73 Å². The first-order valence-electron chi connectivity index (χ1n) is 7.33. The fourth-order valence-electron chi connectivity index (χ4n) is 2.63. The van der Waals surface area contributed by atoms with Crippen LogP contribution in [-0.2, 0) is 9.53 Å². The number of carbonyl (C=O) groups is 2. The van der Waals surface area contributed by atoms with Crippen LogP contribution in [0.4, 0.5) is 0 Å². The second kappa shape index (κ2) is 6.93. The maximum Gasteiger partial charge on any atom is 0.257 e. The van der Waals surface area contributed by atoms with Gasteiger partial charge in [0, 0.05) is 33.3 Å². The molecule has 1 aromatic rings. The molecule has 1 unspecified atom stereocenters. The molecule has 0 bridgehead atoms. The first-order valence-corrected chi connectivity index (χ1v) is 7.33. The van der Waals surface area contributed by atoms with Gasteiger partial charge in [0.15, 0.2) is 0 Å². The zero-order valence-corrected chi connectivity index (χ0v) is 13.3. The topological polar surface area (TPSA) is 89.0 Å². The van der Waals surface area contributed by atoms with Crippen LogP contribution in [0, 0.1) is 13.8 Å². The standard InChI is InChI=1S/C15H23N3O4/c1-10-8-12(11(2)22-10)14(19)17-4-6-18(7-5-17)15(20)13(16)9-21-3/h8,13H,4-7,9,16H2,1-3H3. The molecular formula is C15H23N3O4. The minimum atomic E-state index is -0.647. The van der Waals surface area contributed by atoms with E-state index in [0.29, 0.717) is 37.5 Å². The first kappa shape index (κ1) is 16.5. The van der Waals surface area contributed by atoms with Crippen LogP contribution >= 0.6 is 0 Å². The Morgan fingerprint density at radius 2 is 1.86 bits per heavy atom. The van der Waals surface area contributed by atoms with E-state index in [4.69, 9.17) is 14.9 Å². The van der Waals surface area contributed by atoms with E-state index < -0.39 is 6.04 Å². The third-order valence-corrected chi connectivity index (χ3v) is 3.81. The molecule has 7 nitrogen and oxygen atoms in total. The van der Waals surface area contributed by atoms with Crippen molar-refractivity contribution in [2.75, 3.05) is 39.9 Å². The van der Waals surface area contributed by atoms with Gasteiger partial charge in [-0.05, 0) is 19.9 Å². The quantitative estimate of drug-likeness (QED) is 0.855. The summed E-state index contributed by atoms with van der Waals surface area (Å²) in [4.78, 5) is 28.0. The molecule has 1 atom stereocenters. The molecule has 1 aliphatic heterocycles. The molecule has 22 heavy (non-hydrogen) atoms. The molecule has 0 spiro atoms. The van der Waals surface area contributed by atoms with E-state index >= 15 is 0 Å². The minimum Gasteiger partial charge on any atom is -0.466 e. The Hall–Kier alpha value is -1.86. The number of ether oxygens (including phenoxy) is 1. The van der Waals surface area contributed by atoms with Gasteiger partial charge in [-0.2, -0.15) is 0 Å². The summed E-state index contributed by atoms with van der Waals surface area (Å²) in [6.45, 7) is 5.75. The van der Waals surface area contributed by atoms with Crippen LogP contribution in [0.5, 0.6) is 0 Å². The first-order chi connectivity index (χ1) is 10.4. The molecule has 1 fully saturated rings. The van der Waals surface area contributed by atoms with Gasteiger partial charge in [0.1, 0.15) is 17.6 Å². The number of aryl methyl sites for hydroxylation is 2. The van der Waals surface area contributed by atoms with Crippen molar-refractivity contribution in [1.82, 2.24) is 9.80 Å². The normalized spacial score (nSPS) is 16.7. The van der Waals surface area contributed by atoms with Crippen molar-refractivity contribution in [3.63, 3.8) is 0 Å².